The van der Waals surface area contributed by atoms with Crippen LogP contribution in [0.4, 0.5) is 0 Å². The summed E-state index contributed by atoms with van der Waals surface area (Å²) in [5, 5.41) is 2.37. The smallest absolute Gasteiger partial charge is 0.267 e. The maximum Gasteiger partial charge on any atom is 0.267 e. The summed E-state index contributed by atoms with van der Waals surface area (Å²) in [6.45, 7) is 4.81. The maximum absolute atomic E-state index is 10.9. The molecule has 0 atom stereocenters. The molecule has 0 bridgehead atoms. The van der Waals surface area contributed by atoms with Crippen molar-refractivity contribution < 1.29 is 9.59 Å². The largest absolute Gasteiger partial charge is 0.354 e. The van der Waals surface area contributed by atoms with Gasteiger partial charge in [0.15, 0.2) is 0 Å². The lowest BCUT2D eigenvalue weighted by atomic mass is 10.4. The quantitative estimate of drug-likeness (QED) is 0.559. The Kier molecular flexibility index (Phi) is 3.30. The Balaban J connectivity index is 4.25. The fourth-order valence-corrected chi connectivity index (χ4v) is 0.487. The summed E-state index contributed by atoms with van der Waals surface area (Å²) in [6, 6.07) is 0. The van der Waals surface area contributed by atoms with Crippen molar-refractivity contribution in [3.63, 3.8) is 0 Å². The van der Waals surface area contributed by atoms with Gasteiger partial charge in [-0.05, 0) is 0 Å². The number of nitrogens with zero attached hydrogens (tertiary/aromatic N) is 1. The van der Waals surface area contributed by atoms with Gasteiger partial charge in [0.05, 0.1) is 0 Å². The molecule has 2 amide bonds. The number of nitrogens with one attached hydrogen (secondary N) is 1. The summed E-state index contributed by atoms with van der Waals surface area (Å²) >= 11 is 0. The fraction of sp³-hybridized carbons (Fsp3) is 0.429. The molecular weight excluding hydrogens is 144 g/mol. The number of amides is 2. The zero-order valence-corrected chi connectivity index (χ0v) is 6.97. The standard InChI is InChI=1S/C7H12N2O2/c1-5(7(11)8-3)9(4)6(2)10/h1H2,2-4H3,(H,8,11). The lowest BCUT2D eigenvalue weighted by Gasteiger charge is -2.15. The Bertz CT molecular complexity index is 199. The van der Waals surface area contributed by atoms with Crippen LogP contribution in [0.1, 0.15) is 6.92 Å². The minimum Gasteiger partial charge on any atom is -0.354 e. The molecule has 0 aromatic carbocycles. The van der Waals surface area contributed by atoms with Gasteiger partial charge < -0.3 is 10.2 Å². The second-order valence-electron chi connectivity index (χ2n) is 2.10. The Labute approximate surface area is 65.9 Å². The predicted molar refractivity (Wildman–Crippen MR) is 41.7 cm³/mol. The van der Waals surface area contributed by atoms with Crippen LogP contribution in [0, 0.1) is 0 Å². The van der Waals surface area contributed by atoms with Crippen molar-refractivity contribution in [3.05, 3.63) is 12.3 Å². The van der Waals surface area contributed by atoms with E-state index in [0.29, 0.717) is 0 Å². The van der Waals surface area contributed by atoms with Crippen LogP contribution < -0.4 is 5.32 Å². The third kappa shape index (κ3) is 2.41. The first-order chi connectivity index (χ1) is 5.00. The monoisotopic (exact) mass is 156 g/mol. The summed E-state index contributed by atoms with van der Waals surface area (Å²) in [6.07, 6.45) is 0. The molecule has 1 N–H and O–H groups in total. The Hall–Kier alpha value is -1.32. The number of likely N-dealkylation sites (N-methyl/N-ethyl adjacent to an activating group) is 2. The second kappa shape index (κ2) is 3.75. The SMILES string of the molecule is C=C(C(=O)NC)N(C)C(C)=O. The molecule has 0 unspecified atom stereocenters. The summed E-state index contributed by atoms with van der Waals surface area (Å²) in [5.41, 5.74) is 0.153. The fourth-order valence-electron chi connectivity index (χ4n) is 0.487. The summed E-state index contributed by atoms with van der Waals surface area (Å²) < 4.78 is 0. The number of rotatable bonds is 2. The molecule has 62 valence electrons. The minimum atomic E-state index is -0.345. The molecule has 0 aliphatic heterocycles. The van der Waals surface area contributed by atoms with Crippen molar-refractivity contribution in [2.75, 3.05) is 14.1 Å². The minimum absolute atomic E-state index is 0.153. The van der Waals surface area contributed by atoms with E-state index in [1.807, 2.05) is 0 Å². The molecule has 0 aliphatic rings. The molecule has 0 aliphatic carbocycles. The van der Waals surface area contributed by atoms with E-state index in [4.69, 9.17) is 0 Å². The van der Waals surface area contributed by atoms with Crippen LogP contribution >= 0.6 is 0 Å². The molecule has 0 rings (SSSR count). The maximum atomic E-state index is 10.9. The van der Waals surface area contributed by atoms with Gasteiger partial charge in [-0.15, -0.1) is 0 Å². The molecule has 0 fully saturated rings. The lowest BCUT2D eigenvalue weighted by Crippen LogP contribution is -2.32. The van der Waals surface area contributed by atoms with E-state index in [-0.39, 0.29) is 17.5 Å². The molecule has 4 nitrogen and oxygen atoms in total. The van der Waals surface area contributed by atoms with Crippen molar-refractivity contribution in [2.24, 2.45) is 0 Å². The van der Waals surface area contributed by atoms with Gasteiger partial charge >= 0.3 is 0 Å². The third-order valence-corrected chi connectivity index (χ3v) is 1.37. The molecule has 4 heteroatoms. The number of hydrogen-bond donors (Lipinski definition) is 1. The van der Waals surface area contributed by atoms with Crippen molar-refractivity contribution >= 4 is 11.8 Å². The summed E-state index contributed by atoms with van der Waals surface area (Å²) in [5.74, 6) is -0.554. The van der Waals surface area contributed by atoms with Gasteiger partial charge in [-0.3, -0.25) is 9.59 Å². The molecule has 0 aromatic rings. The van der Waals surface area contributed by atoms with Gasteiger partial charge in [0.25, 0.3) is 5.91 Å². The van der Waals surface area contributed by atoms with Gasteiger partial charge in [-0.25, -0.2) is 0 Å². The second-order valence-corrected chi connectivity index (χ2v) is 2.10. The van der Waals surface area contributed by atoms with Crippen LogP contribution in [-0.4, -0.2) is 30.8 Å². The topological polar surface area (TPSA) is 49.4 Å². The van der Waals surface area contributed by atoms with Gasteiger partial charge in [0.2, 0.25) is 5.91 Å². The van der Waals surface area contributed by atoms with Gasteiger partial charge in [-0.2, -0.15) is 0 Å². The number of carbonyl (C=O) groups excluding carboxylic acids is 2. The summed E-state index contributed by atoms with van der Waals surface area (Å²) in [4.78, 5) is 22.7. The van der Waals surface area contributed by atoms with Crippen LogP contribution in [0.5, 0.6) is 0 Å². The van der Waals surface area contributed by atoms with Gasteiger partial charge in [0.1, 0.15) is 5.70 Å². The molecule has 0 aromatic heterocycles. The first-order valence-corrected chi connectivity index (χ1v) is 3.16. The number of hydrogen-bond acceptors (Lipinski definition) is 2. The van der Waals surface area contributed by atoms with E-state index in [0.717, 1.165) is 0 Å². The predicted octanol–water partition coefficient (Wildman–Crippen LogP) is -0.276. The van der Waals surface area contributed by atoms with Crippen molar-refractivity contribution in [3.8, 4) is 0 Å². The zero-order valence-electron chi connectivity index (χ0n) is 6.97. The molecule has 0 spiro atoms. The van der Waals surface area contributed by atoms with Gasteiger partial charge in [0, 0.05) is 21.0 Å². The van der Waals surface area contributed by atoms with Crippen LogP contribution in [0.2, 0.25) is 0 Å². The molecule has 0 saturated heterocycles. The third-order valence-electron chi connectivity index (χ3n) is 1.37. The Morgan fingerprint density at radius 2 is 1.91 bits per heavy atom. The first-order valence-electron chi connectivity index (χ1n) is 3.16. The number of carbonyl (C=O) groups is 2. The highest BCUT2D eigenvalue weighted by molar-refractivity contribution is 5.96. The van der Waals surface area contributed by atoms with Crippen LogP contribution in [-0.2, 0) is 9.59 Å². The van der Waals surface area contributed by atoms with Gasteiger partial charge in [-0.1, -0.05) is 6.58 Å². The molecule has 0 saturated carbocycles. The van der Waals surface area contributed by atoms with Crippen LogP contribution in [0.15, 0.2) is 12.3 Å². The van der Waals surface area contributed by atoms with Crippen LogP contribution in [0.25, 0.3) is 0 Å². The van der Waals surface area contributed by atoms with E-state index in [1.165, 1.54) is 25.9 Å². The first kappa shape index (κ1) is 9.68. The molecule has 11 heavy (non-hydrogen) atoms. The van der Waals surface area contributed by atoms with E-state index in [1.54, 1.807) is 0 Å². The average molecular weight is 156 g/mol. The van der Waals surface area contributed by atoms with E-state index >= 15 is 0 Å². The Morgan fingerprint density at radius 1 is 1.45 bits per heavy atom. The van der Waals surface area contributed by atoms with E-state index < -0.39 is 0 Å². The average Bonchev–Trinajstić information content (AvgIpc) is 2.00. The lowest BCUT2D eigenvalue weighted by molar-refractivity contribution is -0.129. The normalized spacial score (nSPS) is 8.64. The highest BCUT2D eigenvalue weighted by Gasteiger charge is 2.12. The summed E-state index contributed by atoms with van der Waals surface area (Å²) in [7, 11) is 2.99. The highest BCUT2D eigenvalue weighted by atomic mass is 16.2. The van der Waals surface area contributed by atoms with E-state index in [2.05, 4.69) is 11.9 Å². The van der Waals surface area contributed by atoms with Crippen molar-refractivity contribution in [2.45, 2.75) is 6.92 Å². The molecular formula is C7H12N2O2. The zero-order chi connectivity index (χ0) is 9.02. The molecule has 0 heterocycles. The Morgan fingerprint density at radius 3 is 2.18 bits per heavy atom. The van der Waals surface area contributed by atoms with Crippen molar-refractivity contribution in [1.82, 2.24) is 10.2 Å². The van der Waals surface area contributed by atoms with Crippen molar-refractivity contribution in [1.29, 1.82) is 0 Å². The highest BCUT2D eigenvalue weighted by Crippen LogP contribution is 1.97. The van der Waals surface area contributed by atoms with E-state index in [9.17, 15) is 9.59 Å². The molecule has 0 radical (unpaired) electrons. The van der Waals surface area contributed by atoms with Crippen LogP contribution in [0.3, 0.4) is 0 Å².